The quantitative estimate of drug-likeness (QED) is 0.544. The number of benzene rings is 2. The maximum absolute atomic E-state index is 5.04. The van der Waals surface area contributed by atoms with E-state index in [1.54, 1.807) is 0 Å². The van der Waals surface area contributed by atoms with E-state index in [0.717, 1.165) is 41.9 Å². The van der Waals surface area contributed by atoms with Crippen molar-refractivity contribution in [1.82, 2.24) is 9.55 Å². The first-order chi connectivity index (χ1) is 12.6. The van der Waals surface area contributed by atoms with Gasteiger partial charge in [0.1, 0.15) is 5.82 Å². The van der Waals surface area contributed by atoms with Gasteiger partial charge in [0.25, 0.3) is 0 Å². The lowest BCUT2D eigenvalue weighted by molar-refractivity contribution is 0.670. The van der Waals surface area contributed by atoms with Gasteiger partial charge in [-0.25, -0.2) is 4.98 Å². The molecule has 2 heterocycles. The van der Waals surface area contributed by atoms with E-state index in [4.69, 9.17) is 9.98 Å². The average molecular weight is 345 g/mol. The molecular formula is C23H27N3. The molecule has 0 radical (unpaired) electrons. The molecule has 0 amide bonds. The minimum atomic E-state index is 0.596. The number of hydrogen-bond donors (Lipinski definition) is 0. The third-order valence-corrected chi connectivity index (χ3v) is 5.61. The fraction of sp³-hybridized carbons (Fsp3) is 0.391. The van der Waals surface area contributed by atoms with E-state index in [2.05, 4.69) is 62.7 Å². The van der Waals surface area contributed by atoms with Gasteiger partial charge in [-0.1, -0.05) is 32.4 Å². The van der Waals surface area contributed by atoms with E-state index < -0.39 is 0 Å². The molecule has 0 fully saturated rings. The lowest BCUT2D eigenvalue weighted by Gasteiger charge is -2.26. The SMILES string of the molecule is CCCC1=Nc2cc(-c3nc4ccccc4n3C)cc(C)c2C(CC)C1. The highest BCUT2D eigenvalue weighted by molar-refractivity contribution is 5.91. The zero-order chi connectivity index (χ0) is 18.3. The summed E-state index contributed by atoms with van der Waals surface area (Å²) < 4.78 is 2.19. The molecule has 1 atom stereocenters. The normalized spacial score (nSPS) is 16.6. The van der Waals surface area contributed by atoms with Crippen LogP contribution in [0.15, 0.2) is 41.4 Å². The number of nitrogens with zero attached hydrogens (tertiary/aromatic N) is 3. The van der Waals surface area contributed by atoms with Crippen molar-refractivity contribution in [2.45, 2.75) is 52.4 Å². The van der Waals surface area contributed by atoms with Crippen molar-refractivity contribution in [3.8, 4) is 11.4 Å². The molecule has 1 aliphatic rings. The van der Waals surface area contributed by atoms with Crippen LogP contribution in [0, 0.1) is 6.92 Å². The van der Waals surface area contributed by atoms with Crippen LogP contribution < -0.4 is 0 Å². The van der Waals surface area contributed by atoms with E-state index >= 15 is 0 Å². The van der Waals surface area contributed by atoms with Crippen LogP contribution in [-0.4, -0.2) is 15.3 Å². The second-order valence-corrected chi connectivity index (χ2v) is 7.45. The second kappa shape index (κ2) is 6.71. The van der Waals surface area contributed by atoms with E-state index in [1.807, 2.05) is 6.07 Å². The van der Waals surface area contributed by atoms with Gasteiger partial charge in [-0.05, 0) is 67.5 Å². The van der Waals surface area contributed by atoms with Crippen LogP contribution in [-0.2, 0) is 7.05 Å². The minimum Gasteiger partial charge on any atom is -0.327 e. The summed E-state index contributed by atoms with van der Waals surface area (Å²) in [6.07, 6.45) is 4.55. The van der Waals surface area contributed by atoms with Crippen molar-refractivity contribution in [2.75, 3.05) is 0 Å². The monoisotopic (exact) mass is 345 g/mol. The summed E-state index contributed by atoms with van der Waals surface area (Å²) in [4.78, 5) is 9.93. The largest absolute Gasteiger partial charge is 0.327 e. The van der Waals surface area contributed by atoms with Crippen LogP contribution in [0.5, 0.6) is 0 Å². The number of aliphatic imine (C=N–C) groups is 1. The molecule has 134 valence electrons. The Bertz CT molecular complexity index is 994. The third-order valence-electron chi connectivity index (χ3n) is 5.61. The minimum absolute atomic E-state index is 0.596. The van der Waals surface area contributed by atoms with Gasteiger partial charge in [0.05, 0.1) is 16.7 Å². The predicted octanol–water partition coefficient (Wildman–Crippen LogP) is 6.32. The third kappa shape index (κ3) is 2.76. The Balaban J connectivity index is 1.88. The molecule has 0 N–H and O–H groups in total. The highest BCUT2D eigenvalue weighted by Gasteiger charge is 2.24. The van der Waals surface area contributed by atoms with E-state index in [0.29, 0.717) is 5.92 Å². The molecule has 3 heteroatoms. The molecule has 0 aliphatic carbocycles. The van der Waals surface area contributed by atoms with Gasteiger partial charge in [0, 0.05) is 18.3 Å². The second-order valence-electron chi connectivity index (χ2n) is 7.45. The zero-order valence-electron chi connectivity index (χ0n) is 16.2. The van der Waals surface area contributed by atoms with Crippen molar-refractivity contribution in [2.24, 2.45) is 12.0 Å². The van der Waals surface area contributed by atoms with Crippen LogP contribution in [0.25, 0.3) is 22.4 Å². The summed E-state index contributed by atoms with van der Waals surface area (Å²) in [5, 5.41) is 0. The zero-order valence-corrected chi connectivity index (χ0v) is 16.2. The van der Waals surface area contributed by atoms with Gasteiger partial charge in [0.2, 0.25) is 0 Å². The number of hydrogen-bond acceptors (Lipinski definition) is 2. The summed E-state index contributed by atoms with van der Waals surface area (Å²) in [5.41, 5.74) is 8.67. The number of fused-ring (bicyclic) bond motifs is 2. The first kappa shape index (κ1) is 17.0. The summed E-state index contributed by atoms with van der Waals surface area (Å²) in [7, 11) is 2.10. The van der Waals surface area contributed by atoms with Crippen molar-refractivity contribution >= 4 is 22.4 Å². The maximum Gasteiger partial charge on any atom is 0.140 e. The lowest BCUT2D eigenvalue weighted by atomic mass is 9.83. The Morgan fingerprint density at radius 3 is 2.69 bits per heavy atom. The number of aryl methyl sites for hydroxylation is 2. The summed E-state index contributed by atoms with van der Waals surface area (Å²) in [6.45, 7) is 6.76. The van der Waals surface area contributed by atoms with Crippen LogP contribution in [0.1, 0.15) is 56.6 Å². The molecule has 3 nitrogen and oxygen atoms in total. The van der Waals surface area contributed by atoms with Gasteiger partial charge >= 0.3 is 0 Å². The Labute approximate surface area is 155 Å². The van der Waals surface area contributed by atoms with Gasteiger partial charge in [-0.3, -0.25) is 4.99 Å². The highest BCUT2D eigenvalue weighted by Crippen LogP contribution is 2.42. The molecular weight excluding hydrogens is 318 g/mol. The Morgan fingerprint density at radius 1 is 1.15 bits per heavy atom. The molecule has 0 saturated heterocycles. The fourth-order valence-electron chi connectivity index (χ4n) is 4.33. The van der Waals surface area contributed by atoms with Crippen LogP contribution in [0.3, 0.4) is 0 Å². The summed E-state index contributed by atoms with van der Waals surface area (Å²) in [6, 6.07) is 12.9. The van der Waals surface area contributed by atoms with Crippen molar-refractivity contribution in [1.29, 1.82) is 0 Å². The summed E-state index contributed by atoms with van der Waals surface area (Å²) in [5.74, 6) is 1.61. The van der Waals surface area contributed by atoms with Crippen molar-refractivity contribution in [3.63, 3.8) is 0 Å². The van der Waals surface area contributed by atoms with Gasteiger partial charge in [-0.15, -0.1) is 0 Å². The van der Waals surface area contributed by atoms with Crippen molar-refractivity contribution in [3.05, 3.63) is 47.5 Å². The number of aromatic nitrogens is 2. The predicted molar refractivity (Wildman–Crippen MR) is 111 cm³/mol. The Hall–Kier alpha value is -2.42. The molecule has 1 unspecified atom stereocenters. The number of imidazole rings is 1. The molecule has 0 spiro atoms. The van der Waals surface area contributed by atoms with Crippen LogP contribution in [0.4, 0.5) is 5.69 Å². The van der Waals surface area contributed by atoms with E-state index in [-0.39, 0.29) is 0 Å². The molecule has 2 aromatic carbocycles. The van der Waals surface area contributed by atoms with Crippen LogP contribution in [0.2, 0.25) is 0 Å². The van der Waals surface area contributed by atoms with Gasteiger partial charge in [-0.2, -0.15) is 0 Å². The topological polar surface area (TPSA) is 30.2 Å². The van der Waals surface area contributed by atoms with Gasteiger partial charge in [0.15, 0.2) is 0 Å². The smallest absolute Gasteiger partial charge is 0.140 e. The average Bonchev–Trinajstić information content (AvgIpc) is 2.98. The van der Waals surface area contributed by atoms with E-state index in [1.165, 1.54) is 28.8 Å². The molecule has 0 bridgehead atoms. The number of para-hydroxylation sites is 2. The lowest BCUT2D eigenvalue weighted by Crippen LogP contribution is -2.13. The van der Waals surface area contributed by atoms with Crippen molar-refractivity contribution < 1.29 is 0 Å². The molecule has 1 aromatic heterocycles. The highest BCUT2D eigenvalue weighted by atomic mass is 15.1. The summed E-state index contributed by atoms with van der Waals surface area (Å²) >= 11 is 0. The molecule has 26 heavy (non-hydrogen) atoms. The molecule has 4 rings (SSSR count). The molecule has 3 aromatic rings. The Kier molecular flexibility index (Phi) is 4.39. The molecule has 0 saturated carbocycles. The Morgan fingerprint density at radius 2 is 1.96 bits per heavy atom. The standard InChI is InChI=1S/C23H27N3/c1-5-9-18-13-16(6-2)22-15(3)12-17(14-20(22)24-18)23-25-19-10-7-8-11-21(19)26(23)4/h7-8,10-12,14,16H,5-6,9,13H2,1-4H3. The fourth-order valence-corrected chi connectivity index (χ4v) is 4.33. The van der Waals surface area contributed by atoms with E-state index in [9.17, 15) is 0 Å². The maximum atomic E-state index is 5.04. The first-order valence-corrected chi connectivity index (χ1v) is 9.75. The number of rotatable bonds is 4. The van der Waals surface area contributed by atoms with Gasteiger partial charge < -0.3 is 4.57 Å². The van der Waals surface area contributed by atoms with Crippen LogP contribution >= 0.6 is 0 Å². The molecule has 1 aliphatic heterocycles. The first-order valence-electron chi connectivity index (χ1n) is 9.75.